The zero-order valence-electron chi connectivity index (χ0n) is 13.7. The Morgan fingerprint density at radius 1 is 1.20 bits per heavy atom. The molecule has 0 radical (unpaired) electrons. The highest BCUT2D eigenvalue weighted by atomic mass is 35.5. The van der Waals surface area contributed by atoms with Crippen molar-refractivity contribution in [2.45, 2.75) is 6.61 Å². The van der Waals surface area contributed by atoms with Crippen molar-refractivity contribution in [2.75, 3.05) is 7.05 Å². The summed E-state index contributed by atoms with van der Waals surface area (Å²) in [6, 6.07) is 17.2. The molecule has 0 aliphatic carbocycles. The third-order valence-corrected chi connectivity index (χ3v) is 3.74. The molecule has 1 heterocycles. The molecule has 130 valence electrons. The Bertz CT molecular complexity index is 892. The topological polar surface area (TPSA) is 95.2 Å². The van der Waals surface area contributed by atoms with Gasteiger partial charge in [-0.25, -0.2) is 0 Å². The van der Waals surface area contributed by atoms with Crippen LogP contribution < -0.4 is 10.5 Å². The van der Waals surface area contributed by atoms with Crippen LogP contribution >= 0.6 is 12.4 Å². The molecular weight excluding hydrogens is 340 g/mol. The van der Waals surface area contributed by atoms with E-state index in [1.165, 1.54) is 7.05 Å². The Morgan fingerprint density at radius 2 is 1.92 bits per heavy atom. The zero-order valence-corrected chi connectivity index (χ0v) is 14.5. The summed E-state index contributed by atoms with van der Waals surface area (Å²) in [5, 5.41) is 8.20. The fourth-order valence-electron chi connectivity index (χ4n) is 2.35. The van der Waals surface area contributed by atoms with Crippen LogP contribution in [0.4, 0.5) is 0 Å². The Labute approximate surface area is 151 Å². The number of aromatic amines is 1. The monoisotopic (exact) mass is 358 g/mol. The highest BCUT2D eigenvalue weighted by Crippen LogP contribution is 2.23. The SMILES string of the molecule is CN(C(=N)N)C(=O)c1cc2cc(OCc3ccccc3)ccc2[nH]1.Cl. The molecule has 4 N–H and O–H groups in total. The Hall–Kier alpha value is -2.99. The number of guanidine groups is 1. The van der Waals surface area contributed by atoms with Crippen LogP contribution in [0.5, 0.6) is 5.75 Å². The normalized spacial score (nSPS) is 10.1. The smallest absolute Gasteiger partial charge is 0.276 e. The average Bonchev–Trinajstić information content (AvgIpc) is 3.02. The molecular formula is C18H19ClN4O2. The summed E-state index contributed by atoms with van der Waals surface area (Å²) in [5.74, 6) is 0.0697. The maximum Gasteiger partial charge on any atom is 0.276 e. The highest BCUT2D eigenvalue weighted by Gasteiger charge is 2.16. The largest absolute Gasteiger partial charge is 0.489 e. The molecule has 0 atom stereocenters. The van der Waals surface area contributed by atoms with Crippen molar-refractivity contribution in [2.24, 2.45) is 5.73 Å². The average molecular weight is 359 g/mol. The van der Waals surface area contributed by atoms with Gasteiger partial charge < -0.3 is 15.5 Å². The number of nitrogens with two attached hydrogens (primary N) is 1. The van der Waals surface area contributed by atoms with Crippen molar-refractivity contribution >= 4 is 35.2 Å². The Balaban J connectivity index is 0.00000225. The van der Waals surface area contributed by atoms with Crippen LogP contribution in [0.3, 0.4) is 0 Å². The molecule has 0 fully saturated rings. The number of amides is 1. The van der Waals surface area contributed by atoms with Gasteiger partial charge in [0.15, 0.2) is 5.96 Å². The third-order valence-electron chi connectivity index (χ3n) is 3.74. The number of fused-ring (bicyclic) bond motifs is 1. The zero-order chi connectivity index (χ0) is 17.1. The molecule has 25 heavy (non-hydrogen) atoms. The van der Waals surface area contributed by atoms with Crippen LogP contribution in [0, 0.1) is 5.41 Å². The van der Waals surface area contributed by atoms with Gasteiger partial charge in [0, 0.05) is 18.0 Å². The minimum absolute atomic E-state index is 0. The number of hydrogen-bond donors (Lipinski definition) is 3. The van der Waals surface area contributed by atoms with E-state index >= 15 is 0 Å². The Kier molecular flexibility index (Phi) is 5.67. The summed E-state index contributed by atoms with van der Waals surface area (Å²) in [5.41, 5.74) is 7.63. The molecule has 1 amide bonds. The van der Waals surface area contributed by atoms with Gasteiger partial charge in [0.25, 0.3) is 5.91 Å². The molecule has 6 nitrogen and oxygen atoms in total. The van der Waals surface area contributed by atoms with E-state index in [9.17, 15) is 4.79 Å². The van der Waals surface area contributed by atoms with Crippen LogP contribution in [0.2, 0.25) is 0 Å². The minimum Gasteiger partial charge on any atom is -0.489 e. The summed E-state index contributed by atoms with van der Waals surface area (Å²) < 4.78 is 5.79. The quantitative estimate of drug-likeness (QED) is 0.494. The summed E-state index contributed by atoms with van der Waals surface area (Å²) in [6.45, 7) is 0.482. The minimum atomic E-state index is -0.356. The number of aromatic nitrogens is 1. The molecule has 7 heteroatoms. The number of ether oxygens (including phenoxy) is 1. The molecule has 0 aliphatic heterocycles. The van der Waals surface area contributed by atoms with Gasteiger partial charge in [0.1, 0.15) is 18.1 Å². The van der Waals surface area contributed by atoms with Crippen molar-refractivity contribution in [1.29, 1.82) is 5.41 Å². The summed E-state index contributed by atoms with van der Waals surface area (Å²) in [6.07, 6.45) is 0. The van der Waals surface area contributed by atoms with E-state index in [1.54, 1.807) is 6.07 Å². The van der Waals surface area contributed by atoms with Crippen molar-refractivity contribution < 1.29 is 9.53 Å². The lowest BCUT2D eigenvalue weighted by Gasteiger charge is -2.12. The summed E-state index contributed by atoms with van der Waals surface area (Å²) >= 11 is 0. The number of rotatable bonds is 4. The molecule has 0 unspecified atom stereocenters. The Morgan fingerprint density at radius 3 is 2.60 bits per heavy atom. The number of halogens is 1. The van der Waals surface area contributed by atoms with Crippen molar-refractivity contribution in [3.05, 3.63) is 65.9 Å². The molecule has 0 spiro atoms. The summed E-state index contributed by atoms with van der Waals surface area (Å²) in [7, 11) is 1.46. The third kappa shape index (κ3) is 4.10. The van der Waals surface area contributed by atoms with Gasteiger partial charge in [-0.3, -0.25) is 15.1 Å². The number of nitrogens with zero attached hydrogens (tertiary/aromatic N) is 1. The van der Waals surface area contributed by atoms with E-state index < -0.39 is 0 Å². The molecule has 3 rings (SSSR count). The van der Waals surface area contributed by atoms with Crippen molar-refractivity contribution in [3.8, 4) is 5.75 Å². The van der Waals surface area contributed by atoms with Crippen LogP contribution in [0.25, 0.3) is 10.9 Å². The fourth-order valence-corrected chi connectivity index (χ4v) is 2.35. The van der Waals surface area contributed by atoms with Crippen LogP contribution in [0.15, 0.2) is 54.6 Å². The number of H-pyrrole nitrogens is 1. The lowest BCUT2D eigenvalue weighted by atomic mass is 10.2. The predicted octanol–water partition coefficient (Wildman–Crippen LogP) is 3.13. The first-order chi connectivity index (χ1) is 11.5. The second-order valence-electron chi connectivity index (χ2n) is 5.46. The highest BCUT2D eigenvalue weighted by molar-refractivity contribution is 6.05. The van der Waals surface area contributed by atoms with Crippen molar-refractivity contribution in [3.63, 3.8) is 0 Å². The van der Waals surface area contributed by atoms with E-state index in [2.05, 4.69) is 4.98 Å². The van der Waals surface area contributed by atoms with Gasteiger partial charge in [-0.2, -0.15) is 0 Å². The van der Waals surface area contributed by atoms with Gasteiger partial charge in [0.05, 0.1) is 0 Å². The molecule has 3 aromatic rings. The maximum absolute atomic E-state index is 12.2. The van der Waals surface area contributed by atoms with Gasteiger partial charge in [-0.15, -0.1) is 12.4 Å². The van der Waals surface area contributed by atoms with Gasteiger partial charge in [-0.1, -0.05) is 30.3 Å². The number of nitrogens with one attached hydrogen (secondary N) is 2. The fraction of sp³-hybridized carbons (Fsp3) is 0.111. The predicted molar refractivity (Wildman–Crippen MR) is 100 cm³/mol. The van der Waals surface area contributed by atoms with E-state index in [1.807, 2.05) is 48.5 Å². The number of hydrogen-bond acceptors (Lipinski definition) is 3. The number of carbonyl (C=O) groups excluding carboxylic acids is 1. The van der Waals surface area contributed by atoms with E-state index in [0.717, 1.165) is 27.1 Å². The van der Waals surface area contributed by atoms with E-state index in [-0.39, 0.29) is 24.3 Å². The number of benzene rings is 2. The molecule has 1 aromatic heterocycles. The van der Waals surface area contributed by atoms with Gasteiger partial charge in [-0.05, 0) is 29.8 Å². The van der Waals surface area contributed by atoms with Crippen LogP contribution in [0.1, 0.15) is 16.1 Å². The standard InChI is InChI=1S/C18H18N4O2.ClH/c1-22(18(19)20)17(23)16-10-13-9-14(7-8-15(13)21-16)24-11-12-5-3-2-4-6-12;/h2-10,21H,11H2,1H3,(H3,19,20);1H. The first kappa shape index (κ1) is 18.4. The second-order valence-corrected chi connectivity index (χ2v) is 5.46. The van der Waals surface area contributed by atoms with Gasteiger partial charge in [0.2, 0.25) is 0 Å². The molecule has 0 aliphatic rings. The molecule has 2 aromatic carbocycles. The van der Waals surface area contributed by atoms with E-state index in [4.69, 9.17) is 15.9 Å². The number of carbonyl (C=O) groups is 1. The lowest BCUT2D eigenvalue weighted by molar-refractivity contribution is 0.0864. The van der Waals surface area contributed by atoms with Crippen molar-refractivity contribution in [1.82, 2.24) is 9.88 Å². The van der Waals surface area contributed by atoms with E-state index in [0.29, 0.717) is 12.3 Å². The molecule has 0 saturated carbocycles. The first-order valence-corrected chi connectivity index (χ1v) is 7.46. The van der Waals surface area contributed by atoms with Crippen LogP contribution in [-0.2, 0) is 6.61 Å². The van der Waals surface area contributed by atoms with Crippen LogP contribution in [-0.4, -0.2) is 28.8 Å². The van der Waals surface area contributed by atoms with Gasteiger partial charge >= 0.3 is 0 Å². The summed E-state index contributed by atoms with van der Waals surface area (Å²) in [4.78, 5) is 16.3. The first-order valence-electron chi connectivity index (χ1n) is 7.46. The maximum atomic E-state index is 12.2. The second kappa shape index (κ2) is 7.72. The lowest BCUT2D eigenvalue weighted by Crippen LogP contribution is -2.38. The molecule has 0 bridgehead atoms. The molecule has 0 saturated heterocycles.